The molecular formula is C18H15N7O. The van der Waals surface area contributed by atoms with Crippen LogP contribution in [-0.2, 0) is 4.74 Å². The lowest BCUT2D eigenvalue weighted by Crippen LogP contribution is -2.19. The average Bonchev–Trinajstić information content (AvgIpc) is 3.31. The smallest absolute Gasteiger partial charge is 0.165 e. The van der Waals surface area contributed by atoms with Gasteiger partial charge in [-0.3, -0.25) is 0 Å². The number of hydrogen-bond donors (Lipinski definition) is 0. The number of nitrogens with zero attached hydrogens (tertiary/aromatic N) is 7. The average molecular weight is 345 g/mol. The zero-order valence-electron chi connectivity index (χ0n) is 13.9. The van der Waals surface area contributed by atoms with Crippen molar-refractivity contribution in [3.05, 3.63) is 42.6 Å². The molecule has 8 heteroatoms. The maximum Gasteiger partial charge on any atom is 0.165 e. The SMILES string of the molecule is N#Cc1ccn2ncc(-c3ncc4ncn(C5CCOCC5)c4n3)c2c1. The predicted molar refractivity (Wildman–Crippen MR) is 93.3 cm³/mol. The molecule has 0 atom stereocenters. The second-order valence-corrected chi connectivity index (χ2v) is 6.31. The lowest BCUT2D eigenvalue weighted by Gasteiger charge is -2.23. The Kier molecular flexibility index (Phi) is 3.40. The van der Waals surface area contributed by atoms with Crippen molar-refractivity contribution in [2.24, 2.45) is 0 Å². The molecule has 1 aliphatic heterocycles. The van der Waals surface area contributed by atoms with Gasteiger partial charge in [0.05, 0.1) is 41.4 Å². The molecule has 5 rings (SSSR count). The van der Waals surface area contributed by atoms with Crippen LogP contribution >= 0.6 is 0 Å². The first kappa shape index (κ1) is 15.0. The molecule has 0 unspecified atom stereocenters. The van der Waals surface area contributed by atoms with E-state index >= 15 is 0 Å². The monoisotopic (exact) mass is 345 g/mol. The molecule has 1 saturated heterocycles. The van der Waals surface area contributed by atoms with Gasteiger partial charge in [0.2, 0.25) is 0 Å². The van der Waals surface area contributed by atoms with Crippen LogP contribution < -0.4 is 0 Å². The van der Waals surface area contributed by atoms with E-state index in [4.69, 9.17) is 15.0 Å². The van der Waals surface area contributed by atoms with E-state index in [1.165, 1.54) is 0 Å². The molecule has 0 aromatic carbocycles. The van der Waals surface area contributed by atoms with E-state index < -0.39 is 0 Å². The molecule has 1 aliphatic rings. The van der Waals surface area contributed by atoms with E-state index in [1.807, 2.05) is 6.33 Å². The van der Waals surface area contributed by atoms with Gasteiger partial charge >= 0.3 is 0 Å². The predicted octanol–water partition coefficient (Wildman–Crippen LogP) is 2.36. The summed E-state index contributed by atoms with van der Waals surface area (Å²) in [4.78, 5) is 13.7. The van der Waals surface area contributed by atoms with Gasteiger partial charge in [-0.05, 0) is 25.0 Å². The van der Waals surface area contributed by atoms with Crippen molar-refractivity contribution in [1.82, 2.24) is 29.1 Å². The zero-order chi connectivity index (χ0) is 17.5. The van der Waals surface area contributed by atoms with Crippen LogP contribution in [0.25, 0.3) is 28.1 Å². The largest absolute Gasteiger partial charge is 0.381 e. The Morgan fingerprint density at radius 2 is 2.08 bits per heavy atom. The Hall–Kier alpha value is -3.31. The van der Waals surface area contributed by atoms with Crippen LogP contribution in [0.1, 0.15) is 24.4 Å². The summed E-state index contributed by atoms with van der Waals surface area (Å²) in [6.45, 7) is 1.51. The van der Waals surface area contributed by atoms with Crippen molar-refractivity contribution in [1.29, 1.82) is 5.26 Å². The summed E-state index contributed by atoms with van der Waals surface area (Å²) in [6, 6.07) is 6.02. The molecule has 0 aliphatic carbocycles. The fraction of sp³-hybridized carbons (Fsp3) is 0.278. The van der Waals surface area contributed by atoms with Gasteiger partial charge in [-0.2, -0.15) is 10.4 Å². The maximum atomic E-state index is 9.16. The van der Waals surface area contributed by atoms with Crippen molar-refractivity contribution in [2.75, 3.05) is 13.2 Å². The van der Waals surface area contributed by atoms with Crippen molar-refractivity contribution in [3.8, 4) is 17.5 Å². The zero-order valence-corrected chi connectivity index (χ0v) is 13.9. The molecule has 4 aromatic rings. The Bertz CT molecular complexity index is 1150. The standard InChI is InChI=1S/C18H15N7O/c19-8-12-1-4-25-16(7-12)14(9-22-25)17-20-10-15-18(23-17)24(11-21-15)13-2-5-26-6-3-13/h1,4,7,9-11,13H,2-3,5-6H2. The normalized spacial score (nSPS) is 15.5. The van der Waals surface area contributed by atoms with Crippen molar-refractivity contribution >= 4 is 16.7 Å². The first-order valence-corrected chi connectivity index (χ1v) is 8.48. The summed E-state index contributed by atoms with van der Waals surface area (Å²) in [7, 11) is 0. The number of ether oxygens (including phenoxy) is 1. The number of fused-ring (bicyclic) bond motifs is 2. The molecule has 26 heavy (non-hydrogen) atoms. The molecule has 0 radical (unpaired) electrons. The van der Waals surface area contributed by atoms with Crippen molar-refractivity contribution in [2.45, 2.75) is 18.9 Å². The number of aromatic nitrogens is 6. The fourth-order valence-electron chi connectivity index (χ4n) is 3.41. The number of nitriles is 1. The summed E-state index contributed by atoms with van der Waals surface area (Å²) in [6.07, 6.45) is 8.98. The molecule has 4 aromatic heterocycles. The highest BCUT2D eigenvalue weighted by Gasteiger charge is 2.20. The van der Waals surface area contributed by atoms with Crippen molar-refractivity contribution in [3.63, 3.8) is 0 Å². The van der Waals surface area contributed by atoms with Crippen molar-refractivity contribution < 1.29 is 4.74 Å². The van der Waals surface area contributed by atoms with Crippen LogP contribution in [-0.4, -0.2) is 42.3 Å². The van der Waals surface area contributed by atoms with Crippen LogP contribution in [0.15, 0.2) is 37.1 Å². The third kappa shape index (κ3) is 2.33. The van der Waals surface area contributed by atoms with E-state index in [9.17, 15) is 0 Å². The maximum absolute atomic E-state index is 9.16. The van der Waals surface area contributed by atoms with Crippen LogP contribution in [0.5, 0.6) is 0 Å². The van der Waals surface area contributed by atoms with E-state index in [2.05, 4.69) is 25.7 Å². The van der Waals surface area contributed by atoms with Crippen LogP contribution in [0.3, 0.4) is 0 Å². The Labute approximate surface area is 148 Å². The number of imidazole rings is 1. The Morgan fingerprint density at radius 1 is 1.19 bits per heavy atom. The second kappa shape index (κ2) is 5.89. The van der Waals surface area contributed by atoms with Gasteiger partial charge in [-0.15, -0.1) is 0 Å². The van der Waals surface area contributed by atoms with E-state index in [1.54, 1.807) is 35.2 Å². The summed E-state index contributed by atoms with van der Waals surface area (Å²) in [5, 5.41) is 13.5. The van der Waals surface area contributed by atoms with E-state index in [0.29, 0.717) is 17.4 Å². The van der Waals surface area contributed by atoms with Gasteiger partial charge in [0.15, 0.2) is 11.5 Å². The highest BCUT2D eigenvalue weighted by molar-refractivity contribution is 5.80. The third-order valence-electron chi connectivity index (χ3n) is 4.79. The molecule has 8 nitrogen and oxygen atoms in total. The van der Waals surface area contributed by atoms with Gasteiger partial charge in [-0.1, -0.05) is 0 Å². The second-order valence-electron chi connectivity index (χ2n) is 6.31. The lowest BCUT2D eigenvalue weighted by atomic mass is 10.1. The summed E-state index contributed by atoms with van der Waals surface area (Å²) < 4.78 is 9.30. The minimum atomic E-state index is 0.339. The topological polar surface area (TPSA) is 93.9 Å². The fourth-order valence-corrected chi connectivity index (χ4v) is 3.41. The molecule has 5 heterocycles. The van der Waals surface area contributed by atoms with Gasteiger partial charge in [0, 0.05) is 25.5 Å². The van der Waals surface area contributed by atoms with Crippen LogP contribution in [0.2, 0.25) is 0 Å². The molecular weight excluding hydrogens is 330 g/mol. The summed E-state index contributed by atoms with van der Waals surface area (Å²) in [5.74, 6) is 0.580. The first-order valence-electron chi connectivity index (χ1n) is 8.48. The molecule has 128 valence electrons. The van der Waals surface area contributed by atoms with E-state index in [0.717, 1.165) is 48.3 Å². The number of pyridine rings is 1. The Morgan fingerprint density at radius 3 is 2.92 bits per heavy atom. The molecule has 0 saturated carbocycles. The van der Waals surface area contributed by atoms with E-state index in [-0.39, 0.29) is 0 Å². The summed E-state index contributed by atoms with van der Waals surface area (Å²) in [5.41, 5.74) is 3.77. The molecule has 1 fully saturated rings. The lowest BCUT2D eigenvalue weighted by molar-refractivity contribution is 0.0704. The first-order chi connectivity index (χ1) is 12.8. The van der Waals surface area contributed by atoms with Gasteiger partial charge in [0.25, 0.3) is 0 Å². The van der Waals surface area contributed by atoms with Gasteiger partial charge < -0.3 is 9.30 Å². The van der Waals surface area contributed by atoms with Gasteiger partial charge in [-0.25, -0.2) is 19.5 Å². The minimum Gasteiger partial charge on any atom is -0.381 e. The summed E-state index contributed by atoms with van der Waals surface area (Å²) >= 11 is 0. The third-order valence-corrected chi connectivity index (χ3v) is 4.79. The number of hydrogen-bond acceptors (Lipinski definition) is 6. The van der Waals surface area contributed by atoms with Crippen LogP contribution in [0.4, 0.5) is 0 Å². The molecule has 0 spiro atoms. The number of rotatable bonds is 2. The molecule has 0 N–H and O–H groups in total. The molecule has 0 bridgehead atoms. The quantitative estimate of drug-likeness (QED) is 0.553. The highest BCUT2D eigenvalue weighted by atomic mass is 16.5. The Balaban J connectivity index is 1.65. The van der Waals surface area contributed by atoms with Gasteiger partial charge in [0.1, 0.15) is 5.52 Å². The highest BCUT2D eigenvalue weighted by Crippen LogP contribution is 2.27. The minimum absolute atomic E-state index is 0.339. The van der Waals surface area contributed by atoms with Crippen LogP contribution in [0, 0.1) is 11.3 Å². The molecule has 0 amide bonds.